The predicted molar refractivity (Wildman–Crippen MR) is 52.6 cm³/mol. The zero-order chi connectivity index (χ0) is 10.3. The van der Waals surface area contributed by atoms with Crippen molar-refractivity contribution < 1.29 is 9.90 Å². The molecule has 0 aromatic carbocycles. The fraction of sp³-hybridized carbons (Fsp3) is 0.889. The Morgan fingerprint density at radius 1 is 1.46 bits per heavy atom. The molecule has 0 bridgehead atoms. The highest BCUT2D eigenvalue weighted by Crippen LogP contribution is 2.20. The summed E-state index contributed by atoms with van der Waals surface area (Å²) in [6.45, 7) is 4.98. The molecule has 78 valence electrons. The van der Waals surface area contributed by atoms with Gasteiger partial charge >= 0.3 is 6.03 Å². The first-order chi connectivity index (χ1) is 6.02. The molecule has 4 nitrogen and oxygen atoms in total. The van der Waals surface area contributed by atoms with Gasteiger partial charge in [0.15, 0.2) is 0 Å². The molecule has 0 spiro atoms. The minimum absolute atomic E-state index is 0.0508. The fourth-order valence-corrected chi connectivity index (χ4v) is 1.05. The van der Waals surface area contributed by atoms with Gasteiger partial charge in [-0.25, -0.2) is 4.79 Å². The Hall–Kier alpha value is -0.770. The summed E-state index contributed by atoms with van der Waals surface area (Å²) in [7, 11) is 1.59. The van der Waals surface area contributed by atoms with Crippen molar-refractivity contribution in [2.24, 2.45) is 5.41 Å². The summed E-state index contributed by atoms with van der Waals surface area (Å²) in [5.74, 6) is 0. The van der Waals surface area contributed by atoms with E-state index in [4.69, 9.17) is 5.11 Å². The fourth-order valence-electron chi connectivity index (χ4n) is 1.05. The van der Waals surface area contributed by atoms with Gasteiger partial charge in [-0.2, -0.15) is 0 Å². The lowest BCUT2D eigenvalue weighted by Gasteiger charge is -2.24. The molecule has 0 radical (unpaired) electrons. The molecule has 0 atom stereocenters. The van der Waals surface area contributed by atoms with Crippen LogP contribution in [-0.2, 0) is 0 Å². The summed E-state index contributed by atoms with van der Waals surface area (Å²) in [6, 6.07) is -0.155. The smallest absolute Gasteiger partial charge is 0.314 e. The number of carbonyl (C=O) groups is 1. The van der Waals surface area contributed by atoms with E-state index in [2.05, 4.69) is 24.5 Å². The average molecular weight is 188 g/mol. The maximum atomic E-state index is 10.9. The van der Waals surface area contributed by atoms with Crippen LogP contribution in [0, 0.1) is 5.41 Å². The Kier molecular flexibility index (Phi) is 5.46. The topological polar surface area (TPSA) is 61.4 Å². The molecular weight excluding hydrogens is 168 g/mol. The number of amides is 2. The highest BCUT2D eigenvalue weighted by Gasteiger charge is 2.17. The number of aliphatic hydroxyl groups excluding tert-OH is 1. The summed E-state index contributed by atoms with van der Waals surface area (Å²) >= 11 is 0. The molecule has 0 rings (SSSR count). The predicted octanol–water partition coefficient (Wildman–Crippen LogP) is 0.714. The summed E-state index contributed by atoms with van der Waals surface area (Å²) in [6.07, 6.45) is 1.69. The Labute approximate surface area is 79.7 Å². The van der Waals surface area contributed by atoms with Crippen LogP contribution in [-0.4, -0.2) is 31.3 Å². The molecule has 0 saturated carbocycles. The third kappa shape index (κ3) is 6.40. The molecule has 0 saturated heterocycles. The number of hydrogen-bond acceptors (Lipinski definition) is 2. The highest BCUT2D eigenvalue weighted by atomic mass is 16.2. The molecule has 0 unspecified atom stereocenters. The van der Waals surface area contributed by atoms with E-state index in [9.17, 15) is 4.79 Å². The minimum atomic E-state index is -0.155. The number of rotatable bonds is 5. The van der Waals surface area contributed by atoms with Gasteiger partial charge in [0.1, 0.15) is 0 Å². The van der Waals surface area contributed by atoms with Gasteiger partial charge in [-0.3, -0.25) is 0 Å². The number of carbonyl (C=O) groups excluding carboxylic acids is 1. The van der Waals surface area contributed by atoms with Crippen molar-refractivity contribution in [2.45, 2.75) is 26.7 Å². The van der Waals surface area contributed by atoms with Crippen molar-refractivity contribution in [1.82, 2.24) is 10.6 Å². The van der Waals surface area contributed by atoms with Gasteiger partial charge in [0.2, 0.25) is 0 Å². The third-order valence-corrected chi connectivity index (χ3v) is 1.97. The Bertz CT molecular complexity index is 158. The molecule has 0 heterocycles. The van der Waals surface area contributed by atoms with E-state index < -0.39 is 0 Å². The van der Waals surface area contributed by atoms with E-state index in [-0.39, 0.29) is 18.1 Å². The van der Waals surface area contributed by atoms with Crippen LogP contribution < -0.4 is 10.6 Å². The van der Waals surface area contributed by atoms with Crippen molar-refractivity contribution in [2.75, 3.05) is 20.2 Å². The van der Waals surface area contributed by atoms with Crippen LogP contribution in [0.1, 0.15) is 26.7 Å². The molecule has 0 aromatic heterocycles. The zero-order valence-electron chi connectivity index (χ0n) is 8.68. The van der Waals surface area contributed by atoms with Crippen LogP contribution in [0.2, 0.25) is 0 Å². The Balaban J connectivity index is 3.67. The van der Waals surface area contributed by atoms with Gasteiger partial charge in [-0.15, -0.1) is 0 Å². The summed E-state index contributed by atoms with van der Waals surface area (Å²) in [4.78, 5) is 10.9. The normalized spacial score (nSPS) is 11.1. The highest BCUT2D eigenvalue weighted by molar-refractivity contribution is 5.73. The van der Waals surface area contributed by atoms with E-state index in [0.717, 1.165) is 12.8 Å². The SMILES string of the molecule is CNC(=O)NCC(C)(C)CCCO. The van der Waals surface area contributed by atoms with Crippen molar-refractivity contribution in [3.05, 3.63) is 0 Å². The first-order valence-corrected chi connectivity index (χ1v) is 4.58. The Morgan fingerprint density at radius 3 is 2.54 bits per heavy atom. The number of nitrogens with one attached hydrogen (secondary N) is 2. The molecule has 2 amide bonds. The van der Waals surface area contributed by atoms with Gasteiger partial charge in [-0.1, -0.05) is 13.8 Å². The van der Waals surface area contributed by atoms with Gasteiger partial charge in [0.25, 0.3) is 0 Å². The Morgan fingerprint density at radius 2 is 2.08 bits per heavy atom. The third-order valence-electron chi connectivity index (χ3n) is 1.97. The molecule has 4 heteroatoms. The number of urea groups is 1. The molecular formula is C9H20N2O2. The largest absolute Gasteiger partial charge is 0.396 e. The van der Waals surface area contributed by atoms with Crippen LogP contribution in [0.15, 0.2) is 0 Å². The lowest BCUT2D eigenvalue weighted by Crippen LogP contribution is -2.39. The zero-order valence-corrected chi connectivity index (χ0v) is 8.68. The van der Waals surface area contributed by atoms with Crippen molar-refractivity contribution in [1.29, 1.82) is 0 Å². The molecule has 0 aliphatic carbocycles. The first-order valence-electron chi connectivity index (χ1n) is 4.58. The van der Waals surface area contributed by atoms with Crippen LogP contribution in [0.4, 0.5) is 4.79 Å². The molecule has 13 heavy (non-hydrogen) atoms. The van der Waals surface area contributed by atoms with Crippen molar-refractivity contribution in [3.63, 3.8) is 0 Å². The standard InChI is InChI=1S/C9H20N2O2/c1-9(2,5-4-6-12)7-11-8(13)10-3/h12H,4-7H2,1-3H3,(H2,10,11,13). The molecule has 3 N–H and O–H groups in total. The maximum absolute atomic E-state index is 10.9. The van der Waals surface area contributed by atoms with Gasteiger partial charge < -0.3 is 15.7 Å². The lowest BCUT2D eigenvalue weighted by atomic mass is 9.88. The van der Waals surface area contributed by atoms with E-state index in [1.54, 1.807) is 7.05 Å². The number of hydrogen-bond donors (Lipinski definition) is 3. The van der Waals surface area contributed by atoms with E-state index >= 15 is 0 Å². The van der Waals surface area contributed by atoms with E-state index in [0.29, 0.717) is 6.54 Å². The second kappa shape index (κ2) is 5.80. The monoisotopic (exact) mass is 188 g/mol. The van der Waals surface area contributed by atoms with Crippen molar-refractivity contribution in [3.8, 4) is 0 Å². The minimum Gasteiger partial charge on any atom is -0.396 e. The van der Waals surface area contributed by atoms with E-state index in [1.807, 2.05) is 0 Å². The average Bonchev–Trinajstić information content (AvgIpc) is 2.11. The molecule has 0 aliphatic rings. The lowest BCUT2D eigenvalue weighted by molar-refractivity contribution is 0.222. The molecule has 0 fully saturated rings. The maximum Gasteiger partial charge on any atom is 0.314 e. The first kappa shape index (κ1) is 12.2. The van der Waals surface area contributed by atoms with Gasteiger partial charge in [0, 0.05) is 20.2 Å². The second-order valence-electron chi connectivity index (χ2n) is 3.92. The van der Waals surface area contributed by atoms with Gasteiger partial charge in [-0.05, 0) is 18.3 Å². The van der Waals surface area contributed by atoms with Crippen LogP contribution in [0.5, 0.6) is 0 Å². The van der Waals surface area contributed by atoms with Crippen LogP contribution in [0.25, 0.3) is 0 Å². The molecule has 0 aliphatic heterocycles. The summed E-state index contributed by atoms with van der Waals surface area (Å²) < 4.78 is 0. The van der Waals surface area contributed by atoms with E-state index in [1.165, 1.54) is 0 Å². The molecule has 0 aromatic rings. The van der Waals surface area contributed by atoms with Crippen LogP contribution >= 0.6 is 0 Å². The van der Waals surface area contributed by atoms with Crippen molar-refractivity contribution >= 4 is 6.03 Å². The summed E-state index contributed by atoms with van der Waals surface area (Å²) in [5, 5.41) is 13.9. The van der Waals surface area contributed by atoms with Gasteiger partial charge in [0.05, 0.1) is 0 Å². The second-order valence-corrected chi connectivity index (χ2v) is 3.92. The number of aliphatic hydroxyl groups is 1. The summed E-state index contributed by atoms with van der Waals surface area (Å²) in [5.41, 5.74) is 0.0508. The quantitative estimate of drug-likeness (QED) is 0.595. The van der Waals surface area contributed by atoms with Crippen LogP contribution in [0.3, 0.4) is 0 Å².